The van der Waals surface area contributed by atoms with E-state index in [-0.39, 0.29) is 13.5 Å². The van der Waals surface area contributed by atoms with Crippen LogP contribution < -0.4 is 21.3 Å². The third kappa shape index (κ3) is 17.6. The van der Waals surface area contributed by atoms with E-state index in [1.54, 1.807) is 49.2 Å². The second kappa shape index (κ2) is 27.2. The summed E-state index contributed by atoms with van der Waals surface area (Å²) in [4.78, 5) is 87.8. The van der Waals surface area contributed by atoms with Gasteiger partial charge in [0.2, 0.25) is 29.9 Å². The summed E-state index contributed by atoms with van der Waals surface area (Å²) in [5, 5.41) is 9.70. The Bertz CT molecular complexity index is 1310. The fourth-order valence-corrected chi connectivity index (χ4v) is 5.95. The first-order valence-corrected chi connectivity index (χ1v) is 18.3. The number of alkyl carbamates (subject to hydrolysis) is 1. The van der Waals surface area contributed by atoms with Gasteiger partial charge in [0.05, 0.1) is 31.3 Å². The van der Waals surface area contributed by atoms with Crippen molar-refractivity contribution in [1.82, 2.24) is 31.1 Å². The Kier molecular flexibility index (Phi) is 24.9. The summed E-state index contributed by atoms with van der Waals surface area (Å²) in [5.74, 6) is -3.67. The number of amides is 5. The Hall–Kier alpha value is -4.47. The quantitative estimate of drug-likeness (QED) is 0.144. The summed E-state index contributed by atoms with van der Waals surface area (Å²) in [6, 6.07) is 5.14. The van der Waals surface area contributed by atoms with Gasteiger partial charge in [-0.1, -0.05) is 70.9 Å². The number of likely N-dealkylation sites (tertiary alicyclic amines) is 1. The first-order chi connectivity index (χ1) is 25.3. The van der Waals surface area contributed by atoms with Crippen LogP contribution >= 0.6 is 0 Å². The standard InChI is InChI=1S/C24H33F2N5O5.C11H19NO3.C2H6.CH4/c1-30(2)24(36)20(15-8-5-4-6-9-15)29-19(32)14-27-23(35)21(33)16(11-12-18(25)26)28-22(34)17-10-7-13-31(17)3;1-2-15-11(14)12-10(8-13)9-6-4-3-5-7-9;1-2;/h4-6,8-9,16-18,20H,7,10-14H2,1-3H3,(H,27,35)(H,28,34)(H,29,32);8-10H,2-7H2,1H3,(H,12,14);1-2H3;1H4. The topological polar surface area (TPSA) is 183 Å². The highest BCUT2D eigenvalue weighted by Gasteiger charge is 2.34. The van der Waals surface area contributed by atoms with Crippen LogP contribution in [-0.4, -0.2) is 117 Å². The lowest BCUT2D eigenvalue weighted by Crippen LogP contribution is -2.53. The first-order valence-electron chi connectivity index (χ1n) is 18.3. The van der Waals surface area contributed by atoms with Gasteiger partial charge in [0.15, 0.2) is 0 Å². The molecule has 2 aliphatic rings. The number of nitrogens with one attached hydrogen (secondary N) is 4. The SMILES string of the molecule is C.CC.CCOC(=O)NC(C=O)C1CCCCC1.CN(C)C(=O)C(NC(=O)CNC(=O)C(=O)C(CCC(F)F)NC(=O)C1CCCN1C)c1ccccc1. The molecule has 1 aliphatic carbocycles. The number of benzene rings is 1. The Morgan fingerprint density at radius 1 is 0.926 bits per heavy atom. The molecule has 1 aromatic rings. The molecule has 5 amide bonds. The molecule has 0 aromatic heterocycles. The van der Waals surface area contributed by atoms with Gasteiger partial charge in [-0.15, -0.1) is 0 Å². The number of likely N-dealkylation sites (N-methyl/N-ethyl adjacent to an activating group) is 2. The molecule has 3 rings (SSSR count). The van der Waals surface area contributed by atoms with Crippen molar-refractivity contribution in [2.24, 2.45) is 5.92 Å². The number of halogens is 2. The molecule has 1 saturated heterocycles. The number of carbonyl (C=O) groups is 7. The number of hydrogen-bond acceptors (Lipinski definition) is 9. The summed E-state index contributed by atoms with van der Waals surface area (Å²) in [6.07, 6.45) is 3.43. The maximum Gasteiger partial charge on any atom is 0.407 e. The van der Waals surface area contributed by atoms with E-state index >= 15 is 0 Å². The van der Waals surface area contributed by atoms with Crippen LogP contribution in [0.5, 0.6) is 0 Å². The van der Waals surface area contributed by atoms with Crippen molar-refractivity contribution in [2.75, 3.05) is 40.8 Å². The Morgan fingerprint density at radius 3 is 2.07 bits per heavy atom. The van der Waals surface area contributed by atoms with Gasteiger partial charge in [0.25, 0.3) is 5.91 Å². The number of Topliss-reactive ketones (excluding diaryl/α,β-unsaturated/α-hetero) is 1. The third-order valence-electron chi connectivity index (χ3n) is 8.75. The Labute approximate surface area is 318 Å². The average Bonchev–Trinajstić information content (AvgIpc) is 3.60. The van der Waals surface area contributed by atoms with Crippen LogP contribution in [0.25, 0.3) is 0 Å². The molecule has 1 saturated carbocycles. The van der Waals surface area contributed by atoms with E-state index in [1.807, 2.05) is 13.8 Å². The van der Waals surface area contributed by atoms with Crippen molar-refractivity contribution >= 4 is 41.8 Å². The van der Waals surface area contributed by atoms with Gasteiger partial charge in [0, 0.05) is 20.5 Å². The highest BCUT2D eigenvalue weighted by atomic mass is 19.3. The van der Waals surface area contributed by atoms with Gasteiger partial charge in [-0.25, -0.2) is 13.6 Å². The molecular formula is C38H62F2N6O8. The van der Waals surface area contributed by atoms with Gasteiger partial charge in [-0.2, -0.15) is 0 Å². The lowest BCUT2D eigenvalue weighted by atomic mass is 9.84. The van der Waals surface area contributed by atoms with Gasteiger partial charge in [0.1, 0.15) is 12.3 Å². The minimum atomic E-state index is -2.72. The summed E-state index contributed by atoms with van der Waals surface area (Å²) in [5.41, 5.74) is 0.526. The van der Waals surface area contributed by atoms with Crippen molar-refractivity contribution < 1.29 is 47.1 Å². The van der Waals surface area contributed by atoms with Crippen LogP contribution in [-0.2, 0) is 33.5 Å². The molecule has 0 radical (unpaired) electrons. The largest absolute Gasteiger partial charge is 0.450 e. The van der Waals surface area contributed by atoms with Crippen molar-refractivity contribution in [2.45, 2.75) is 117 Å². The second-order valence-electron chi connectivity index (χ2n) is 12.8. The molecule has 4 atom stereocenters. The van der Waals surface area contributed by atoms with E-state index in [2.05, 4.69) is 21.3 Å². The van der Waals surface area contributed by atoms with Gasteiger partial charge in [-0.05, 0) is 64.1 Å². The number of alkyl halides is 2. The summed E-state index contributed by atoms with van der Waals surface area (Å²) in [6.45, 7) is 6.14. The predicted octanol–water partition coefficient (Wildman–Crippen LogP) is 3.78. The fourth-order valence-electron chi connectivity index (χ4n) is 5.95. The van der Waals surface area contributed by atoms with Crippen LogP contribution in [0.1, 0.15) is 97.6 Å². The van der Waals surface area contributed by atoms with Crippen LogP contribution in [0.4, 0.5) is 13.6 Å². The van der Waals surface area contributed by atoms with Crippen molar-refractivity contribution in [3.05, 3.63) is 35.9 Å². The molecule has 0 spiro atoms. The first kappa shape index (κ1) is 49.5. The van der Waals surface area contributed by atoms with E-state index in [4.69, 9.17) is 4.74 Å². The molecule has 4 N–H and O–H groups in total. The zero-order chi connectivity index (χ0) is 39.9. The van der Waals surface area contributed by atoms with Gasteiger partial charge in [-0.3, -0.25) is 28.9 Å². The van der Waals surface area contributed by atoms with E-state index in [9.17, 15) is 42.3 Å². The lowest BCUT2D eigenvalue weighted by molar-refractivity contribution is -0.141. The number of rotatable bonds is 16. The van der Waals surface area contributed by atoms with E-state index < -0.39 is 79.4 Å². The van der Waals surface area contributed by atoms with Gasteiger partial charge < -0.3 is 35.7 Å². The molecule has 2 fully saturated rings. The smallest absolute Gasteiger partial charge is 0.407 e. The lowest BCUT2D eigenvalue weighted by Gasteiger charge is -2.26. The maximum absolute atomic E-state index is 12.8. The summed E-state index contributed by atoms with van der Waals surface area (Å²) in [7, 11) is 4.80. The molecule has 1 aliphatic heterocycles. The molecule has 16 heteroatoms. The van der Waals surface area contributed by atoms with Crippen LogP contribution in [0, 0.1) is 5.92 Å². The maximum atomic E-state index is 12.8. The highest BCUT2D eigenvalue weighted by molar-refractivity contribution is 6.38. The Morgan fingerprint density at radius 2 is 1.56 bits per heavy atom. The zero-order valence-corrected chi connectivity index (χ0v) is 31.8. The number of ketones is 1. The monoisotopic (exact) mass is 768 g/mol. The predicted molar refractivity (Wildman–Crippen MR) is 202 cm³/mol. The number of aldehydes is 1. The minimum absolute atomic E-state index is 0. The van der Waals surface area contributed by atoms with E-state index in [1.165, 1.54) is 25.4 Å². The summed E-state index contributed by atoms with van der Waals surface area (Å²) < 4.78 is 30.3. The number of hydrogen-bond donors (Lipinski definition) is 4. The van der Waals surface area contributed by atoms with Crippen molar-refractivity contribution in [1.29, 1.82) is 0 Å². The fraction of sp³-hybridized carbons (Fsp3) is 0.658. The van der Waals surface area contributed by atoms with Gasteiger partial charge >= 0.3 is 6.09 Å². The highest BCUT2D eigenvalue weighted by Crippen LogP contribution is 2.26. The average molecular weight is 769 g/mol. The van der Waals surface area contributed by atoms with E-state index in [0.29, 0.717) is 31.1 Å². The number of ether oxygens (including phenoxy) is 1. The molecule has 14 nitrogen and oxygen atoms in total. The Balaban J connectivity index is 0.00000130. The van der Waals surface area contributed by atoms with Crippen LogP contribution in [0.2, 0.25) is 0 Å². The van der Waals surface area contributed by atoms with E-state index in [0.717, 1.165) is 38.4 Å². The van der Waals surface area contributed by atoms with Crippen molar-refractivity contribution in [3.8, 4) is 0 Å². The second-order valence-corrected chi connectivity index (χ2v) is 12.8. The molecule has 4 unspecified atom stereocenters. The molecule has 1 aromatic carbocycles. The number of nitrogens with zero attached hydrogens (tertiary/aromatic N) is 2. The third-order valence-corrected chi connectivity index (χ3v) is 8.75. The summed E-state index contributed by atoms with van der Waals surface area (Å²) >= 11 is 0. The molecule has 54 heavy (non-hydrogen) atoms. The molecular weight excluding hydrogens is 706 g/mol. The van der Waals surface area contributed by atoms with Crippen molar-refractivity contribution in [3.63, 3.8) is 0 Å². The normalized spacial score (nSPS) is 16.9. The molecule has 306 valence electrons. The number of carbonyl (C=O) groups excluding carboxylic acids is 7. The molecule has 0 bridgehead atoms. The zero-order valence-electron chi connectivity index (χ0n) is 31.8. The molecule has 1 heterocycles. The van der Waals surface area contributed by atoms with Crippen LogP contribution in [0.15, 0.2) is 30.3 Å². The minimum Gasteiger partial charge on any atom is -0.450 e. The van der Waals surface area contributed by atoms with Crippen LogP contribution in [0.3, 0.4) is 0 Å².